The second kappa shape index (κ2) is 9.02. The second-order valence-electron chi connectivity index (χ2n) is 6.01. The number of nitrogens with zero attached hydrogens (tertiary/aromatic N) is 1. The SMILES string of the molecule is C=C(C)C(=O)OCCNC(=O)c1cc2ccc(N(CC)CC)cc2oc1=O. The molecule has 1 heterocycles. The predicted octanol–water partition coefficient (Wildman–Crippen LogP) is 2.49. The molecule has 1 aromatic carbocycles. The van der Waals surface area contributed by atoms with Gasteiger partial charge in [0.1, 0.15) is 17.8 Å². The normalized spacial score (nSPS) is 10.5. The Bertz CT molecular complexity index is 912. The first-order valence-electron chi connectivity index (χ1n) is 8.81. The average Bonchev–Trinajstić information content (AvgIpc) is 2.65. The summed E-state index contributed by atoms with van der Waals surface area (Å²) in [6.07, 6.45) is 0. The van der Waals surface area contributed by atoms with Gasteiger partial charge in [0.05, 0.1) is 6.54 Å². The van der Waals surface area contributed by atoms with Crippen molar-refractivity contribution in [2.75, 3.05) is 31.1 Å². The number of benzene rings is 1. The number of fused-ring (bicyclic) bond motifs is 1. The van der Waals surface area contributed by atoms with Crippen LogP contribution in [0.15, 0.2) is 45.6 Å². The fraction of sp³-hybridized carbons (Fsp3) is 0.350. The highest BCUT2D eigenvalue weighted by molar-refractivity contribution is 5.97. The van der Waals surface area contributed by atoms with E-state index < -0.39 is 17.5 Å². The summed E-state index contributed by atoms with van der Waals surface area (Å²) in [5.41, 5.74) is 0.851. The Hall–Kier alpha value is -3.09. The van der Waals surface area contributed by atoms with Gasteiger partial charge in [-0.3, -0.25) is 4.79 Å². The maximum absolute atomic E-state index is 12.2. The van der Waals surface area contributed by atoms with Gasteiger partial charge in [0.15, 0.2) is 0 Å². The third-order valence-electron chi connectivity index (χ3n) is 4.06. The molecule has 27 heavy (non-hydrogen) atoms. The lowest BCUT2D eigenvalue weighted by Crippen LogP contribution is -2.31. The zero-order valence-electron chi connectivity index (χ0n) is 15.8. The molecule has 2 rings (SSSR count). The molecule has 0 aliphatic heterocycles. The van der Waals surface area contributed by atoms with Gasteiger partial charge in [-0.15, -0.1) is 0 Å². The van der Waals surface area contributed by atoms with E-state index in [1.54, 1.807) is 6.07 Å². The Morgan fingerprint density at radius 2 is 1.93 bits per heavy atom. The maximum atomic E-state index is 12.2. The van der Waals surface area contributed by atoms with Gasteiger partial charge < -0.3 is 19.4 Å². The molecule has 144 valence electrons. The van der Waals surface area contributed by atoms with Crippen LogP contribution in [-0.2, 0) is 9.53 Å². The highest BCUT2D eigenvalue weighted by Crippen LogP contribution is 2.21. The molecular formula is C20H24N2O5. The lowest BCUT2D eigenvalue weighted by molar-refractivity contribution is -0.138. The largest absolute Gasteiger partial charge is 0.460 e. The topological polar surface area (TPSA) is 88.8 Å². The molecule has 0 saturated heterocycles. The maximum Gasteiger partial charge on any atom is 0.349 e. The number of anilines is 1. The first-order valence-corrected chi connectivity index (χ1v) is 8.81. The van der Waals surface area contributed by atoms with Gasteiger partial charge in [0.25, 0.3) is 5.91 Å². The quantitative estimate of drug-likeness (QED) is 0.331. The summed E-state index contributed by atoms with van der Waals surface area (Å²) in [5, 5.41) is 3.19. The lowest BCUT2D eigenvalue weighted by Gasteiger charge is -2.21. The van der Waals surface area contributed by atoms with E-state index in [1.165, 1.54) is 13.0 Å². The second-order valence-corrected chi connectivity index (χ2v) is 6.01. The van der Waals surface area contributed by atoms with Crippen LogP contribution in [0.5, 0.6) is 0 Å². The van der Waals surface area contributed by atoms with Crippen LogP contribution < -0.4 is 15.8 Å². The molecule has 0 fully saturated rings. The van der Waals surface area contributed by atoms with Crippen molar-refractivity contribution in [2.45, 2.75) is 20.8 Å². The Morgan fingerprint density at radius 3 is 2.56 bits per heavy atom. The minimum atomic E-state index is -0.712. The van der Waals surface area contributed by atoms with E-state index >= 15 is 0 Å². The van der Waals surface area contributed by atoms with Crippen LogP contribution in [0.3, 0.4) is 0 Å². The van der Waals surface area contributed by atoms with E-state index in [2.05, 4.69) is 16.8 Å². The number of amides is 1. The summed E-state index contributed by atoms with van der Waals surface area (Å²) in [4.78, 5) is 37.8. The molecule has 7 nitrogen and oxygen atoms in total. The number of hydrogen-bond donors (Lipinski definition) is 1. The standard InChI is InChI=1S/C20H24N2O5/c1-5-22(6-2)15-8-7-14-11-16(20(25)27-17(14)12-15)18(23)21-9-10-26-19(24)13(3)4/h7-8,11-12H,3,5-6,9-10H2,1-2,4H3,(H,21,23). The predicted molar refractivity (Wildman–Crippen MR) is 104 cm³/mol. The number of rotatable bonds is 8. The van der Waals surface area contributed by atoms with Gasteiger partial charge >= 0.3 is 11.6 Å². The molecule has 0 atom stereocenters. The fourth-order valence-corrected chi connectivity index (χ4v) is 2.57. The van der Waals surface area contributed by atoms with E-state index in [4.69, 9.17) is 9.15 Å². The van der Waals surface area contributed by atoms with E-state index in [0.717, 1.165) is 18.8 Å². The van der Waals surface area contributed by atoms with Crippen molar-refractivity contribution in [1.29, 1.82) is 0 Å². The monoisotopic (exact) mass is 372 g/mol. The summed E-state index contributed by atoms with van der Waals surface area (Å²) in [5.74, 6) is -1.11. The molecule has 1 aromatic heterocycles. The smallest absolute Gasteiger partial charge is 0.349 e. The van der Waals surface area contributed by atoms with Gasteiger partial charge in [-0.25, -0.2) is 9.59 Å². The summed E-state index contributed by atoms with van der Waals surface area (Å²) in [6, 6.07) is 7.04. The van der Waals surface area contributed by atoms with Gasteiger partial charge in [-0.05, 0) is 39.0 Å². The van der Waals surface area contributed by atoms with Crippen LogP contribution in [0.25, 0.3) is 11.0 Å². The van der Waals surface area contributed by atoms with E-state index in [9.17, 15) is 14.4 Å². The van der Waals surface area contributed by atoms with E-state index in [1.807, 2.05) is 26.0 Å². The molecule has 0 aliphatic rings. The van der Waals surface area contributed by atoms with Crippen molar-refractivity contribution in [1.82, 2.24) is 5.32 Å². The molecule has 7 heteroatoms. The number of carbonyl (C=O) groups is 2. The fourth-order valence-electron chi connectivity index (χ4n) is 2.57. The average molecular weight is 372 g/mol. The van der Waals surface area contributed by atoms with Crippen LogP contribution >= 0.6 is 0 Å². The molecule has 0 aliphatic carbocycles. The van der Waals surface area contributed by atoms with Gasteiger partial charge in [-0.2, -0.15) is 0 Å². The van der Waals surface area contributed by atoms with Crippen LogP contribution in [-0.4, -0.2) is 38.1 Å². The highest BCUT2D eigenvalue weighted by atomic mass is 16.5. The van der Waals surface area contributed by atoms with Crippen molar-refractivity contribution in [2.24, 2.45) is 0 Å². The van der Waals surface area contributed by atoms with Crippen molar-refractivity contribution in [3.63, 3.8) is 0 Å². The summed E-state index contributed by atoms with van der Waals surface area (Å²) in [7, 11) is 0. The summed E-state index contributed by atoms with van der Waals surface area (Å²) >= 11 is 0. The zero-order valence-corrected chi connectivity index (χ0v) is 15.8. The van der Waals surface area contributed by atoms with Crippen LogP contribution in [0.2, 0.25) is 0 Å². The first kappa shape index (κ1) is 20.2. The molecule has 1 N–H and O–H groups in total. The zero-order chi connectivity index (χ0) is 20.0. The number of hydrogen-bond acceptors (Lipinski definition) is 6. The van der Waals surface area contributed by atoms with Crippen molar-refractivity contribution >= 4 is 28.5 Å². The van der Waals surface area contributed by atoms with Crippen molar-refractivity contribution < 1.29 is 18.7 Å². The summed E-state index contributed by atoms with van der Waals surface area (Å²) < 4.78 is 10.2. The van der Waals surface area contributed by atoms with Gasteiger partial charge in [-0.1, -0.05) is 6.58 Å². The molecule has 1 amide bonds. The first-order chi connectivity index (χ1) is 12.9. The number of esters is 1. The molecule has 0 bridgehead atoms. The Labute approximate surface area is 157 Å². The summed E-state index contributed by atoms with van der Waals surface area (Å²) in [6.45, 7) is 10.8. The van der Waals surface area contributed by atoms with Crippen LogP contribution in [0.4, 0.5) is 5.69 Å². The number of nitrogens with one attached hydrogen (secondary N) is 1. The van der Waals surface area contributed by atoms with Gasteiger partial charge in [0, 0.05) is 35.8 Å². The highest BCUT2D eigenvalue weighted by Gasteiger charge is 2.14. The van der Waals surface area contributed by atoms with Crippen molar-refractivity contribution in [3.8, 4) is 0 Å². The third-order valence-corrected chi connectivity index (χ3v) is 4.06. The Kier molecular flexibility index (Phi) is 6.76. The van der Waals surface area contributed by atoms with Gasteiger partial charge in [0.2, 0.25) is 0 Å². The molecular weight excluding hydrogens is 348 g/mol. The lowest BCUT2D eigenvalue weighted by atomic mass is 10.1. The minimum absolute atomic E-state index is 0.0103. The molecule has 2 aromatic rings. The Morgan fingerprint density at radius 1 is 1.22 bits per heavy atom. The number of carbonyl (C=O) groups excluding carboxylic acids is 2. The third kappa shape index (κ3) is 4.97. The molecule has 0 radical (unpaired) electrons. The van der Waals surface area contributed by atoms with E-state index in [-0.39, 0.29) is 24.3 Å². The molecule has 0 unspecified atom stereocenters. The van der Waals surface area contributed by atoms with Crippen molar-refractivity contribution in [3.05, 3.63) is 52.4 Å². The van der Waals surface area contributed by atoms with E-state index in [0.29, 0.717) is 11.0 Å². The molecule has 0 spiro atoms. The molecule has 0 saturated carbocycles. The Balaban J connectivity index is 2.12. The van der Waals surface area contributed by atoms with Crippen LogP contribution in [0, 0.1) is 0 Å². The van der Waals surface area contributed by atoms with Crippen LogP contribution in [0.1, 0.15) is 31.1 Å². The minimum Gasteiger partial charge on any atom is -0.460 e. The number of ether oxygens (including phenoxy) is 1.